The molecule has 14 heavy (non-hydrogen) atoms. The highest BCUT2D eigenvalue weighted by Gasteiger charge is 2.22. The van der Waals surface area contributed by atoms with Crippen molar-refractivity contribution in [2.24, 2.45) is 10.9 Å². The van der Waals surface area contributed by atoms with Crippen molar-refractivity contribution in [1.29, 1.82) is 5.26 Å². The standard InChI is InChI=1S/C9H15N3OS/c1-7(8-3-4-13-5-8)12-9(14-2)11-6-10/h7-8H,3-5H2,1-2H3,(H,11,12). The van der Waals surface area contributed by atoms with Crippen molar-refractivity contribution in [2.45, 2.75) is 19.4 Å². The molecule has 0 aromatic rings. The molecule has 0 aliphatic carbocycles. The number of amidine groups is 1. The maximum atomic E-state index is 8.47. The molecular formula is C9H15N3OS. The molecule has 0 aromatic heterocycles. The van der Waals surface area contributed by atoms with Crippen molar-refractivity contribution in [2.75, 3.05) is 19.5 Å². The zero-order valence-electron chi connectivity index (χ0n) is 8.49. The van der Waals surface area contributed by atoms with Crippen LogP contribution < -0.4 is 5.32 Å². The quantitative estimate of drug-likeness (QED) is 0.324. The van der Waals surface area contributed by atoms with Crippen LogP contribution in [-0.4, -0.2) is 30.7 Å². The minimum absolute atomic E-state index is 0.223. The Morgan fingerprint density at radius 3 is 3.07 bits per heavy atom. The van der Waals surface area contributed by atoms with E-state index in [0.717, 1.165) is 19.6 Å². The lowest BCUT2D eigenvalue weighted by Crippen LogP contribution is -2.21. The molecule has 2 unspecified atom stereocenters. The molecule has 78 valence electrons. The molecule has 1 heterocycles. The number of thioether (sulfide) groups is 1. The second-order valence-electron chi connectivity index (χ2n) is 3.24. The summed E-state index contributed by atoms with van der Waals surface area (Å²) in [6.45, 7) is 3.69. The van der Waals surface area contributed by atoms with E-state index in [1.54, 1.807) is 0 Å². The van der Waals surface area contributed by atoms with Gasteiger partial charge in [-0.1, -0.05) is 11.8 Å². The SMILES string of the molecule is CSC(=NC(C)C1CCOC1)NC#N. The predicted molar refractivity (Wildman–Crippen MR) is 58.1 cm³/mol. The highest BCUT2D eigenvalue weighted by Crippen LogP contribution is 2.19. The minimum Gasteiger partial charge on any atom is -0.381 e. The van der Waals surface area contributed by atoms with Crippen LogP contribution in [0.4, 0.5) is 0 Å². The van der Waals surface area contributed by atoms with Crippen LogP contribution in [0.2, 0.25) is 0 Å². The van der Waals surface area contributed by atoms with Gasteiger partial charge in [-0.3, -0.25) is 10.3 Å². The molecule has 1 rings (SSSR count). The number of nitriles is 1. The Morgan fingerprint density at radius 2 is 2.57 bits per heavy atom. The average molecular weight is 213 g/mol. The smallest absolute Gasteiger partial charge is 0.183 e. The molecule has 4 nitrogen and oxygen atoms in total. The van der Waals surface area contributed by atoms with Gasteiger partial charge in [-0.15, -0.1) is 0 Å². The van der Waals surface area contributed by atoms with Crippen molar-refractivity contribution in [3.8, 4) is 6.19 Å². The van der Waals surface area contributed by atoms with Gasteiger partial charge in [-0.2, -0.15) is 5.26 Å². The summed E-state index contributed by atoms with van der Waals surface area (Å²) in [7, 11) is 0. The van der Waals surface area contributed by atoms with E-state index in [4.69, 9.17) is 10.00 Å². The van der Waals surface area contributed by atoms with Gasteiger partial charge in [0.25, 0.3) is 0 Å². The summed E-state index contributed by atoms with van der Waals surface area (Å²) >= 11 is 1.46. The summed E-state index contributed by atoms with van der Waals surface area (Å²) < 4.78 is 5.29. The Bertz CT molecular complexity index is 243. The van der Waals surface area contributed by atoms with Crippen molar-refractivity contribution in [3.63, 3.8) is 0 Å². The van der Waals surface area contributed by atoms with Gasteiger partial charge in [-0.25, -0.2) is 0 Å². The Balaban J connectivity index is 2.50. The molecule has 0 spiro atoms. The van der Waals surface area contributed by atoms with Gasteiger partial charge >= 0.3 is 0 Å². The normalized spacial score (nSPS) is 24.4. The molecule has 0 amide bonds. The predicted octanol–water partition coefficient (Wildman–Crippen LogP) is 1.20. The van der Waals surface area contributed by atoms with Crippen LogP contribution in [0.15, 0.2) is 4.99 Å². The highest BCUT2D eigenvalue weighted by atomic mass is 32.2. The fourth-order valence-electron chi connectivity index (χ4n) is 1.41. The lowest BCUT2D eigenvalue weighted by atomic mass is 10.0. The number of hydrogen-bond donors (Lipinski definition) is 1. The van der Waals surface area contributed by atoms with Crippen molar-refractivity contribution in [3.05, 3.63) is 0 Å². The number of nitrogens with one attached hydrogen (secondary N) is 1. The second-order valence-corrected chi connectivity index (χ2v) is 4.03. The van der Waals surface area contributed by atoms with Crippen LogP contribution in [0.1, 0.15) is 13.3 Å². The third-order valence-corrected chi connectivity index (χ3v) is 2.92. The Labute approximate surface area is 88.7 Å². The van der Waals surface area contributed by atoms with E-state index in [0.29, 0.717) is 11.1 Å². The molecule has 0 aromatic carbocycles. The van der Waals surface area contributed by atoms with E-state index in [-0.39, 0.29) is 6.04 Å². The monoisotopic (exact) mass is 213 g/mol. The lowest BCUT2D eigenvalue weighted by Gasteiger charge is -2.13. The Morgan fingerprint density at radius 1 is 1.79 bits per heavy atom. The molecule has 1 N–H and O–H groups in total. The summed E-state index contributed by atoms with van der Waals surface area (Å²) in [6.07, 6.45) is 4.85. The molecule has 0 bridgehead atoms. The van der Waals surface area contributed by atoms with Crippen molar-refractivity contribution in [1.82, 2.24) is 5.32 Å². The lowest BCUT2D eigenvalue weighted by molar-refractivity contribution is 0.182. The van der Waals surface area contributed by atoms with Crippen molar-refractivity contribution < 1.29 is 4.74 Å². The molecule has 5 heteroatoms. The number of nitrogens with zero attached hydrogens (tertiary/aromatic N) is 2. The molecule has 1 aliphatic heterocycles. The zero-order chi connectivity index (χ0) is 10.4. The molecule has 1 fully saturated rings. The molecule has 1 aliphatic rings. The molecule has 0 radical (unpaired) electrons. The first-order chi connectivity index (χ1) is 6.77. The summed E-state index contributed by atoms with van der Waals surface area (Å²) in [4.78, 5) is 4.43. The fourth-order valence-corrected chi connectivity index (χ4v) is 1.83. The van der Waals surface area contributed by atoms with Crippen LogP contribution in [0.3, 0.4) is 0 Å². The fraction of sp³-hybridized carbons (Fsp3) is 0.778. The van der Waals surface area contributed by atoms with Crippen LogP contribution >= 0.6 is 11.8 Å². The van der Waals surface area contributed by atoms with Crippen LogP contribution in [0.5, 0.6) is 0 Å². The minimum atomic E-state index is 0.223. The molecular weight excluding hydrogens is 198 g/mol. The van der Waals surface area contributed by atoms with Gasteiger partial charge in [0.2, 0.25) is 0 Å². The maximum Gasteiger partial charge on any atom is 0.183 e. The van der Waals surface area contributed by atoms with Gasteiger partial charge in [0.1, 0.15) is 0 Å². The van der Waals surface area contributed by atoms with E-state index in [1.807, 2.05) is 12.4 Å². The van der Waals surface area contributed by atoms with Crippen LogP contribution in [-0.2, 0) is 4.74 Å². The Kier molecular flexibility index (Phi) is 4.77. The first kappa shape index (κ1) is 11.3. The van der Waals surface area contributed by atoms with Gasteiger partial charge < -0.3 is 4.74 Å². The molecule has 0 saturated carbocycles. The molecule has 2 atom stereocenters. The van der Waals surface area contributed by atoms with Crippen LogP contribution in [0, 0.1) is 17.4 Å². The summed E-state index contributed by atoms with van der Waals surface area (Å²) in [5.74, 6) is 0.498. The largest absolute Gasteiger partial charge is 0.381 e. The van der Waals surface area contributed by atoms with Crippen molar-refractivity contribution >= 4 is 16.9 Å². The summed E-state index contributed by atoms with van der Waals surface area (Å²) in [6, 6.07) is 0.223. The Hall–Kier alpha value is -0.730. The highest BCUT2D eigenvalue weighted by molar-refractivity contribution is 8.13. The maximum absolute atomic E-state index is 8.47. The third-order valence-electron chi connectivity index (χ3n) is 2.32. The first-order valence-electron chi connectivity index (χ1n) is 4.62. The van der Waals surface area contributed by atoms with Gasteiger partial charge in [0.15, 0.2) is 11.4 Å². The van der Waals surface area contributed by atoms with E-state index >= 15 is 0 Å². The first-order valence-corrected chi connectivity index (χ1v) is 5.85. The molecule has 1 saturated heterocycles. The number of aliphatic imine (C=N–C) groups is 1. The number of rotatable bonds is 2. The zero-order valence-corrected chi connectivity index (χ0v) is 9.30. The third kappa shape index (κ3) is 3.20. The number of hydrogen-bond acceptors (Lipinski definition) is 4. The van der Waals surface area contributed by atoms with E-state index in [2.05, 4.69) is 17.2 Å². The van der Waals surface area contributed by atoms with E-state index in [9.17, 15) is 0 Å². The van der Waals surface area contributed by atoms with Gasteiger partial charge in [0.05, 0.1) is 12.6 Å². The van der Waals surface area contributed by atoms with Crippen LogP contribution in [0.25, 0.3) is 0 Å². The van der Waals surface area contributed by atoms with E-state index < -0.39 is 0 Å². The average Bonchev–Trinajstić information content (AvgIpc) is 2.69. The van der Waals surface area contributed by atoms with Gasteiger partial charge in [0, 0.05) is 12.5 Å². The summed E-state index contributed by atoms with van der Waals surface area (Å²) in [5, 5.41) is 11.7. The number of ether oxygens (including phenoxy) is 1. The van der Waals surface area contributed by atoms with Gasteiger partial charge in [-0.05, 0) is 19.6 Å². The van der Waals surface area contributed by atoms with E-state index in [1.165, 1.54) is 11.8 Å². The second kappa shape index (κ2) is 5.89. The topological polar surface area (TPSA) is 57.4 Å². The summed E-state index contributed by atoms with van der Waals surface area (Å²) in [5.41, 5.74) is 0.